The molecule has 0 fully saturated rings. The van der Waals surface area contributed by atoms with Crippen LogP contribution >= 0.6 is 0 Å². The van der Waals surface area contributed by atoms with E-state index in [9.17, 15) is 14.4 Å². The van der Waals surface area contributed by atoms with Gasteiger partial charge in [-0.2, -0.15) is 0 Å². The molecule has 1 aromatic carbocycles. The smallest absolute Gasteiger partial charge is 0.344 e. The maximum absolute atomic E-state index is 12.0. The van der Waals surface area contributed by atoms with Gasteiger partial charge in [-0.05, 0) is 31.5 Å². The van der Waals surface area contributed by atoms with E-state index in [-0.39, 0.29) is 6.61 Å². The number of benzene rings is 1. The molecule has 0 aliphatic carbocycles. The summed E-state index contributed by atoms with van der Waals surface area (Å²) < 4.78 is 14.9. The van der Waals surface area contributed by atoms with Gasteiger partial charge in [0.1, 0.15) is 5.75 Å². The van der Waals surface area contributed by atoms with Crippen LogP contribution in [0.25, 0.3) is 0 Å². The second-order valence-corrected chi connectivity index (χ2v) is 5.22. The standard InChI is InChI=1S/C17H20N2O6/c1-4-24-13(20)9-25-12-7-5-11(6-8-12)15-14(16(21)23-3)10(2)18-17(22)19-15/h5-8,15H,4,9H2,1-3H3,(H2,18,19,22). The molecule has 0 bridgehead atoms. The Morgan fingerprint density at radius 1 is 1.20 bits per heavy atom. The molecule has 0 saturated heterocycles. The van der Waals surface area contributed by atoms with Crippen molar-refractivity contribution in [3.05, 3.63) is 41.1 Å². The Morgan fingerprint density at radius 2 is 1.88 bits per heavy atom. The van der Waals surface area contributed by atoms with Gasteiger partial charge < -0.3 is 24.8 Å². The fraction of sp³-hybridized carbons (Fsp3) is 0.353. The minimum atomic E-state index is -0.639. The highest BCUT2D eigenvalue weighted by atomic mass is 16.6. The first-order valence-corrected chi connectivity index (χ1v) is 7.71. The van der Waals surface area contributed by atoms with Crippen LogP contribution in [0, 0.1) is 0 Å². The highest BCUT2D eigenvalue weighted by molar-refractivity contribution is 5.94. The van der Waals surface area contributed by atoms with Crippen LogP contribution in [0.5, 0.6) is 5.75 Å². The third-order valence-electron chi connectivity index (χ3n) is 3.55. The van der Waals surface area contributed by atoms with Crippen molar-refractivity contribution < 1.29 is 28.6 Å². The van der Waals surface area contributed by atoms with Gasteiger partial charge in [-0.15, -0.1) is 0 Å². The molecule has 2 amide bonds. The molecule has 0 radical (unpaired) electrons. The van der Waals surface area contributed by atoms with E-state index in [0.29, 0.717) is 29.2 Å². The third-order valence-corrected chi connectivity index (χ3v) is 3.55. The summed E-state index contributed by atoms with van der Waals surface area (Å²) >= 11 is 0. The maximum atomic E-state index is 12.0. The zero-order valence-electron chi connectivity index (χ0n) is 14.3. The molecule has 1 aliphatic heterocycles. The van der Waals surface area contributed by atoms with E-state index in [0.717, 1.165) is 0 Å². The first-order chi connectivity index (χ1) is 12.0. The molecule has 0 saturated carbocycles. The lowest BCUT2D eigenvalue weighted by Gasteiger charge is -2.27. The van der Waals surface area contributed by atoms with Crippen molar-refractivity contribution in [3.63, 3.8) is 0 Å². The van der Waals surface area contributed by atoms with Gasteiger partial charge in [0.05, 0.1) is 25.3 Å². The summed E-state index contributed by atoms with van der Waals surface area (Å²) in [4.78, 5) is 35.1. The summed E-state index contributed by atoms with van der Waals surface area (Å²) in [6.07, 6.45) is 0. The van der Waals surface area contributed by atoms with Crippen LogP contribution < -0.4 is 15.4 Å². The highest BCUT2D eigenvalue weighted by Gasteiger charge is 2.31. The molecule has 8 nitrogen and oxygen atoms in total. The van der Waals surface area contributed by atoms with Crippen LogP contribution in [0.2, 0.25) is 0 Å². The summed E-state index contributed by atoms with van der Waals surface area (Å²) in [6.45, 7) is 3.45. The Balaban J connectivity index is 2.16. The van der Waals surface area contributed by atoms with Gasteiger partial charge >= 0.3 is 18.0 Å². The van der Waals surface area contributed by atoms with E-state index in [2.05, 4.69) is 10.6 Å². The van der Waals surface area contributed by atoms with E-state index in [1.807, 2.05) is 0 Å². The predicted octanol–water partition coefficient (Wildman–Crippen LogP) is 1.43. The molecule has 8 heteroatoms. The predicted molar refractivity (Wildman–Crippen MR) is 87.7 cm³/mol. The Labute approximate surface area is 145 Å². The molecular formula is C17H20N2O6. The van der Waals surface area contributed by atoms with E-state index in [1.165, 1.54) is 7.11 Å². The van der Waals surface area contributed by atoms with Crippen molar-refractivity contribution in [1.29, 1.82) is 0 Å². The van der Waals surface area contributed by atoms with Gasteiger partial charge in [0.15, 0.2) is 6.61 Å². The van der Waals surface area contributed by atoms with E-state index in [4.69, 9.17) is 14.2 Å². The number of allylic oxidation sites excluding steroid dienone is 1. The van der Waals surface area contributed by atoms with Crippen LogP contribution in [-0.4, -0.2) is 38.3 Å². The average molecular weight is 348 g/mol. The lowest BCUT2D eigenvalue weighted by molar-refractivity contribution is -0.145. The van der Waals surface area contributed by atoms with Crippen molar-refractivity contribution in [3.8, 4) is 5.75 Å². The van der Waals surface area contributed by atoms with Gasteiger partial charge in [0.2, 0.25) is 0 Å². The molecule has 134 valence electrons. The zero-order valence-corrected chi connectivity index (χ0v) is 14.3. The number of ether oxygens (including phenoxy) is 3. The largest absolute Gasteiger partial charge is 0.482 e. The second-order valence-electron chi connectivity index (χ2n) is 5.22. The number of hydrogen-bond donors (Lipinski definition) is 2. The number of carbonyl (C=O) groups excluding carboxylic acids is 3. The summed E-state index contributed by atoms with van der Waals surface area (Å²) in [5, 5.41) is 5.24. The molecule has 0 spiro atoms. The fourth-order valence-corrected chi connectivity index (χ4v) is 2.43. The second kappa shape index (κ2) is 8.18. The van der Waals surface area contributed by atoms with E-state index in [1.54, 1.807) is 38.1 Å². The summed E-state index contributed by atoms with van der Waals surface area (Å²) in [6, 6.07) is 5.65. The van der Waals surface area contributed by atoms with E-state index >= 15 is 0 Å². The molecule has 1 heterocycles. The Hall–Kier alpha value is -3.03. The first-order valence-electron chi connectivity index (χ1n) is 7.71. The number of amides is 2. The molecular weight excluding hydrogens is 328 g/mol. The van der Waals surface area contributed by atoms with Crippen molar-refractivity contribution in [2.75, 3.05) is 20.3 Å². The van der Waals surface area contributed by atoms with Crippen LogP contribution in [0.4, 0.5) is 4.79 Å². The number of nitrogens with one attached hydrogen (secondary N) is 2. The number of methoxy groups -OCH3 is 1. The zero-order chi connectivity index (χ0) is 18.4. The molecule has 1 unspecified atom stereocenters. The average Bonchev–Trinajstić information content (AvgIpc) is 2.59. The first kappa shape index (κ1) is 18.3. The van der Waals surface area contributed by atoms with Crippen molar-refractivity contribution in [2.45, 2.75) is 19.9 Å². The molecule has 1 atom stereocenters. The Kier molecular flexibility index (Phi) is 5.99. The van der Waals surface area contributed by atoms with Crippen LogP contribution in [-0.2, 0) is 19.1 Å². The lowest BCUT2D eigenvalue weighted by atomic mass is 9.95. The van der Waals surface area contributed by atoms with Gasteiger partial charge in [0.25, 0.3) is 0 Å². The molecule has 1 aromatic rings. The topological polar surface area (TPSA) is 103 Å². The fourth-order valence-electron chi connectivity index (χ4n) is 2.43. The van der Waals surface area contributed by atoms with Crippen molar-refractivity contribution >= 4 is 18.0 Å². The Morgan fingerprint density at radius 3 is 2.48 bits per heavy atom. The molecule has 0 aromatic heterocycles. The Bertz CT molecular complexity index is 696. The molecule has 1 aliphatic rings. The number of urea groups is 1. The quantitative estimate of drug-likeness (QED) is 0.754. The van der Waals surface area contributed by atoms with Crippen LogP contribution in [0.1, 0.15) is 25.5 Å². The number of hydrogen-bond acceptors (Lipinski definition) is 6. The van der Waals surface area contributed by atoms with Gasteiger partial charge in [-0.3, -0.25) is 0 Å². The van der Waals surface area contributed by atoms with Gasteiger partial charge in [-0.1, -0.05) is 12.1 Å². The normalized spacial score (nSPS) is 16.6. The number of esters is 2. The van der Waals surface area contributed by atoms with Gasteiger partial charge in [0, 0.05) is 5.70 Å². The minimum Gasteiger partial charge on any atom is -0.482 e. The number of rotatable bonds is 6. The SMILES string of the molecule is CCOC(=O)COc1ccc(C2NC(=O)NC(C)=C2C(=O)OC)cc1. The monoisotopic (exact) mass is 348 g/mol. The van der Waals surface area contributed by atoms with Crippen LogP contribution in [0.3, 0.4) is 0 Å². The minimum absolute atomic E-state index is 0.191. The maximum Gasteiger partial charge on any atom is 0.344 e. The summed E-state index contributed by atoms with van der Waals surface area (Å²) in [5.74, 6) is -0.515. The molecule has 25 heavy (non-hydrogen) atoms. The summed E-state index contributed by atoms with van der Waals surface area (Å²) in [7, 11) is 1.28. The van der Waals surface area contributed by atoms with Crippen molar-refractivity contribution in [2.24, 2.45) is 0 Å². The lowest BCUT2D eigenvalue weighted by Crippen LogP contribution is -2.45. The molecule has 2 rings (SSSR count). The van der Waals surface area contributed by atoms with Crippen molar-refractivity contribution in [1.82, 2.24) is 10.6 Å². The van der Waals surface area contributed by atoms with Crippen LogP contribution in [0.15, 0.2) is 35.5 Å². The molecule has 2 N–H and O–H groups in total. The van der Waals surface area contributed by atoms with Gasteiger partial charge in [-0.25, -0.2) is 14.4 Å². The third kappa shape index (κ3) is 4.50. The highest BCUT2D eigenvalue weighted by Crippen LogP contribution is 2.28. The summed E-state index contributed by atoms with van der Waals surface area (Å²) in [5.41, 5.74) is 1.43. The van der Waals surface area contributed by atoms with E-state index < -0.39 is 24.0 Å². The number of carbonyl (C=O) groups is 3.